The third-order valence-corrected chi connectivity index (χ3v) is 1.70. The van der Waals surface area contributed by atoms with Gasteiger partial charge in [-0.25, -0.2) is 0 Å². The Labute approximate surface area is 46.7 Å². The van der Waals surface area contributed by atoms with Gasteiger partial charge < -0.3 is 0 Å². The van der Waals surface area contributed by atoms with E-state index < -0.39 is 7.58 Å². The van der Waals surface area contributed by atoms with Crippen molar-refractivity contribution in [2.75, 3.05) is 7.11 Å². The van der Waals surface area contributed by atoms with Crippen molar-refractivity contribution in [1.82, 2.24) is 0 Å². The Morgan fingerprint density at radius 3 is 2.20 bits per heavy atom. The number of rotatable bonds is 0. The summed E-state index contributed by atoms with van der Waals surface area (Å²) in [5, 5.41) is 0. The van der Waals surface area contributed by atoms with Crippen molar-refractivity contribution < 1.29 is 4.18 Å². The Morgan fingerprint density at radius 2 is 2.20 bits per heavy atom. The van der Waals surface area contributed by atoms with Crippen LogP contribution < -0.4 is 0 Å². The van der Waals surface area contributed by atoms with Crippen molar-refractivity contribution in [3.8, 4) is 0 Å². The second-order valence-corrected chi connectivity index (χ2v) is 4.22. The molecule has 0 bridgehead atoms. The van der Waals surface area contributed by atoms with Crippen molar-refractivity contribution in [1.29, 1.82) is 0 Å². The van der Waals surface area contributed by atoms with Crippen LogP contribution in [0.4, 0.5) is 0 Å². The maximum absolute atomic E-state index is 5.12. The van der Waals surface area contributed by atoms with E-state index in [0.29, 0.717) is 0 Å². The zero-order chi connectivity index (χ0) is 4.28. The molecule has 0 aromatic heterocycles. The first-order chi connectivity index (χ1) is 2.27. The molecule has 0 aromatic rings. The molecule has 0 aliphatic rings. The second kappa shape index (κ2) is 3.30. The number of hydrogen-bond donors (Lipinski definition) is 1. The normalized spacial score (nSPS) is 15.2. The molecule has 0 amide bonds. The molecule has 0 radical (unpaired) electrons. The van der Waals surface area contributed by atoms with Gasteiger partial charge >= 0.3 is 46.6 Å². The van der Waals surface area contributed by atoms with Crippen LogP contribution in [0.1, 0.15) is 0 Å². The van der Waals surface area contributed by atoms with Crippen LogP contribution in [0.15, 0.2) is 0 Å². The van der Waals surface area contributed by atoms with Gasteiger partial charge in [-0.2, -0.15) is 0 Å². The Hall–Kier alpha value is 1.10. The molecular formula is CH4BIOS. The number of hydrogen-bond acceptors (Lipinski definition) is 1. The van der Waals surface area contributed by atoms with Gasteiger partial charge in [-0.1, -0.05) is 0 Å². The molecule has 0 saturated heterocycles. The summed E-state index contributed by atoms with van der Waals surface area (Å²) in [6.45, 7) is 5.12. The van der Waals surface area contributed by atoms with Gasteiger partial charge in [0.05, 0.1) is 0 Å². The zero-order valence-corrected chi connectivity index (χ0v) is 5.86. The van der Waals surface area contributed by atoms with Crippen LogP contribution in [0.3, 0.4) is 0 Å². The Morgan fingerprint density at radius 1 is 2.00 bits per heavy atom. The first kappa shape index (κ1) is 6.10. The quantitative estimate of drug-likeness (QED) is 0.350. The average molecular weight is 202 g/mol. The average Bonchev–Trinajstić information content (AvgIpc) is 1.38. The summed E-state index contributed by atoms with van der Waals surface area (Å²) in [7, 11) is 0.967. The molecule has 1 atom stereocenters. The van der Waals surface area contributed by atoms with Crippen LogP contribution in [-0.4, -0.2) is 13.6 Å². The summed E-state index contributed by atoms with van der Waals surface area (Å²) in [5.41, 5.74) is 0. The molecule has 0 fully saturated rings. The van der Waals surface area contributed by atoms with E-state index >= 15 is 0 Å². The molecule has 0 heterocycles. The first-order valence-electron chi connectivity index (χ1n) is 1.02. The minimum atomic E-state index is -0.628. The van der Waals surface area contributed by atoms with E-state index in [-0.39, 0.29) is 0 Å². The topological polar surface area (TPSA) is 9.23 Å². The van der Waals surface area contributed by atoms with Gasteiger partial charge in [0.1, 0.15) is 0 Å². The summed E-state index contributed by atoms with van der Waals surface area (Å²) in [6, 6.07) is 0. The van der Waals surface area contributed by atoms with Gasteiger partial charge in [-0.15, -0.1) is 0 Å². The molecule has 1 nitrogen and oxygen atoms in total. The van der Waals surface area contributed by atoms with Gasteiger partial charge in [0, 0.05) is 0 Å². The van der Waals surface area contributed by atoms with Gasteiger partial charge in [-0.05, 0) is 0 Å². The van der Waals surface area contributed by atoms with Gasteiger partial charge in [-0.3, -0.25) is 0 Å². The van der Waals surface area contributed by atoms with Gasteiger partial charge in [0.25, 0.3) is 0 Å². The third-order valence-electron chi connectivity index (χ3n) is 0.174. The van der Waals surface area contributed by atoms with E-state index in [2.05, 4.69) is 4.18 Å². The maximum atomic E-state index is 5.12. The first-order valence-corrected chi connectivity index (χ1v) is 5.13. The van der Waals surface area contributed by atoms with Crippen LogP contribution in [0.25, 0.3) is 0 Å². The van der Waals surface area contributed by atoms with E-state index in [1.54, 1.807) is 7.11 Å². The minimum absolute atomic E-state index is 0.628. The Bertz CT molecular complexity index is 73.5. The Kier molecular flexibility index (Phi) is 4.03. The predicted molar refractivity (Wildman–Crippen MR) is 35.8 cm³/mol. The molecule has 0 spiro atoms. The fraction of sp³-hybridized carbons (Fsp3) is 1.00. The van der Waals surface area contributed by atoms with Crippen molar-refractivity contribution >= 4 is 35.3 Å². The van der Waals surface area contributed by atoms with Crippen LogP contribution in [-0.2, 0) is 4.18 Å². The number of thiol groups is 1. The molecule has 30 valence electrons. The standard InChI is InChI=1S/CH4BIOS/c1-4-5(2)3/h5H,1H3. The zero-order valence-electron chi connectivity index (χ0n) is 2.81. The van der Waals surface area contributed by atoms with Crippen LogP contribution in [0.5, 0.6) is 0 Å². The summed E-state index contributed by atoms with van der Waals surface area (Å²) in [6.07, 6.45) is 0. The predicted octanol–water partition coefficient (Wildman–Crippen LogP) is 0.982. The monoisotopic (exact) mass is 202 g/mol. The van der Waals surface area contributed by atoms with E-state index in [0.717, 1.165) is 0 Å². The van der Waals surface area contributed by atoms with Crippen LogP contribution in [0, 0.1) is 0 Å². The molecule has 0 aliphatic heterocycles. The van der Waals surface area contributed by atoms with Crippen LogP contribution >= 0.6 is 28.8 Å². The fourth-order valence-electron chi connectivity index (χ4n) is 0. The van der Waals surface area contributed by atoms with Crippen molar-refractivity contribution in [3.05, 3.63) is 0 Å². The molecular weight excluding hydrogens is 198 g/mol. The molecule has 0 aliphatic carbocycles. The molecule has 1 unspecified atom stereocenters. The van der Waals surface area contributed by atoms with Gasteiger partial charge in [0.2, 0.25) is 0 Å². The SMILES string of the molecule is B#[SH](I)OC. The van der Waals surface area contributed by atoms with Gasteiger partial charge in [0.15, 0.2) is 0 Å². The number of halogens is 1. The summed E-state index contributed by atoms with van der Waals surface area (Å²) in [5.74, 6) is 0. The van der Waals surface area contributed by atoms with Crippen LogP contribution in [0.2, 0.25) is 0 Å². The molecule has 0 rings (SSSR count). The van der Waals surface area contributed by atoms with Crippen molar-refractivity contribution in [2.45, 2.75) is 0 Å². The molecule has 0 aromatic carbocycles. The van der Waals surface area contributed by atoms with Crippen molar-refractivity contribution in [3.63, 3.8) is 0 Å². The Balaban J connectivity index is 2.97. The third kappa shape index (κ3) is 5.10. The molecule has 0 saturated carbocycles. The van der Waals surface area contributed by atoms with E-state index in [1.165, 1.54) is 0 Å². The van der Waals surface area contributed by atoms with E-state index in [4.69, 9.17) is 6.53 Å². The van der Waals surface area contributed by atoms with E-state index in [9.17, 15) is 0 Å². The molecule has 0 N–H and O–H groups in total. The van der Waals surface area contributed by atoms with Crippen molar-refractivity contribution in [2.24, 2.45) is 0 Å². The summed E-state index contributed by atoms with van der Waals surface area (Å²) < 4.78 is 4.58. The molecule has 5 heavy (non-hydrogen) atoms. The van der Waals surface area contributed by atoms with E-state index in [1.807, 2.05) is 21.2 Å². The summed E-state index contributed by atoms with van der Waals surface area (Å²) >= 11 is 2.03. The second-order valence-electron chi connectivity index (χ2n) is 0.455. The molecule has 4 heteroatoms. The fourth-order valence-corrected chi connectivity index (χ4v) is 0. The summed E-state index contributed by atoms with van der Waals surface area (Å²) in [4.78, 5) is 0.